The molecule has 1 nitrogen and oxygen atoms in total. The number of rotatable bonds is 1. The molecule has 0 aliphatic carbocycles. The SMILES string of the molecule is c1ccc(-c2scc3ccccc23)nc1. The van der Waals surface area contributed by atoms with Crippen LogP contribution in [0.25, 0.3) is 21.3 Å². The number of aromatic nitrogens is 1. The minimum absolute atomic E-state index is 1.06. The Hall–Kier alpha value is -1.67. The molecule has 15 heavy (non-hydrogen) atoms. The van der Waals surface area contributed by atoms with Crippen molar-refractivity contribution in [2.75, 3.05) is 0 Å². The van der Waals surface area contributed by atoms with Gasteiger partial charge in [-0.15, -0.1) is 11.3 Å². The highest BCUT2D eigenvalue weighted by Gasteiger charge is 2.05. The van der Waals surface area contributed by atoms with Crippen molar-refractivity contribution in [2.45, 2.75) is 0 Å². The second-order valence-corrected chi connectivity index (χ2v) is 4.25. The number of thiophene rings is 1. The van der Waals surface area contributed by atoms with E-state index in [1.165, 1.54) is 15.6 Å². The molecular weight excluding hydrogens is 202 g/mol. The Labute approximate surface area is 92.0 Å². The van der Waals surface area contributed by atoms with Crippen molar-refractivity contribution in [1.29, 1.82) is 0 Å². The highest BCUT2D eigenvalue weighted by Crippen LogP contribution is 2.33. The molecule has 2 heteroatoms. The first kappa shape index (κ1) is 8.62. The van der Waals surface area contributed by atoms with E-state index in [0.717, 1.165) is 5.69 Å². The van der Waals surface area contributed by atoms with E-state index in [-0.39, 0.29) is 0 Å². The van der Waals surface area contributed by atoms with Gasteiger partial charge in [-0.3, -0.25) is 4.98 Å². The molecule has 72 valence electrons. The van der Waals surface area contributed by atoms with E-state index < -0.39 is 0 Å². The topological polar surface area (TPSA) is 12.9 Å². The zero-order valence-corrected chi connectivity index (χ0v) is 8.87. The van der Waals surface area contributed by atoms with Crippen LogP contribution in [0.4, 0.5) is 0 Å². The van der Waals surface area contributed by atoms with Crippen molar-refractivity contribution in [2.24, 2.45) is 0 Å². The van der Waals surface area contributed by atoms with Crippen LogP contribution in [0, 0.1) is 0 Å². The Kier molecular flexibility index (Phi) is 2.00. The van der Waals surface area contributed by atoms with Gasteiger partial charge in [0.05, 0.1) is 10.6 Å². The largest absolute Gasteiger partial charge is 0.255 e. The molecule has 0 bridgehead atoms. The van der Waals surface area contributed by atoms with Gasteiger partial charge in [0.25, 0.3) is 0 Å². The van der Waals surface area contributed by atoms with Gasteiger partial charge in [-0.05, 0) is 22.9 Å². The molecule has 0 aliphatic heterocycles. The van der Waals surface area contributed by atoms with Crippen LogP contribution in [0.15, 0.2) is 54.0 Å². The number of benzene rings is 1. The summed E-state index contributed by atoms with van der Waals surface area (Å²) in [5, 5.41) is 4.77. The fraction of sp³-hybridized carbons (Fsp3) is 0. The first-order valence-electron chi connectivity index (χ1n) is 4.83. The molecule has 3 rings (SSSR count). The number of fused-ring (bicyclic) bond motifs is 1. The zero-order valence-electron chi connectivity index (χ0n) is 8.05. The van der Waals surface area contributed by atoms with E-state index in [9.17, 15) is 0 Å². The second kappa shape index (κ2) is 3.48. The average molecular weight is 211 g/mol. The maximum atomic E-state index is 4.38. The first-order chi connectivity index (χ1) is 7.45. The lowest BCUT2D eigenvalue weighted by atomic mass is 10.1. The van der Waals surface area contributed by atoms with Crippen LogP contribution in [0.1, 0.15) is 0 Å². The van der Waals surface area contributed by atoms with Crippen molar-refractivity contribution < 1.29 is 0 Å². The quantitative estimate of drug-likeness (QED) is 0.593. The lowest BCUT2D eigenvalue weighted by Crippen LogP contribution is -1.77. The molecule has 0 saturated heterocycles. The molecule has 0 amide bonds. The fourth-order valence-corrected chi connectivity index (χ4v) is 2.69. The number of pyridine rings is 1. The third-order valence-corrected chi connectivity index (χ3v) is 3.44. The Balaban J connectivity index is 2.28. The molecule has 0 N–H and O–H groups in total. The van der Waals surface area contributed by atoms with Gasteiger partial charge in [0, 0.05) is 11.6 Å². The third kappa shape index (κ3) is 1.43. The van der Waals surface area contributed by atoms with E-state index >= 15 is 0 Å². The Morgan fingerprint density at radius 2 is 1.80 bits per heavy atom. The van der Waals surface area contributed by atoms with Gasteiger partial charge in [0.15, 0.2) is 0 Å². The maximum Gasteiger partial charge on any atom is 0.0807 e. The minimum atomic E-state index is 1.06. The number of hydrogen-bond acceptors (Lipinski definition) is 2. The molecule has 3 aromatic rings. The predicted octanol–water partition coefficient (Wildman–Crippen LogP) is 3.96. The fourth-order valence-electron chi connectivity index (χ4n) is 1.69. The molecule has 0 unspecified atom stereocenters. The first-order valence-corrected chi connectivity index (χ1v) is 5.71. The van der Waals surface area contributed by atoms with Gasteiger partial charge in [0.1, 0.15) is 0 Å². The summed E-state index contributed by atoms with van der Waals surface area (Å²) in [6.45, 7) is 0. The summed E-state index contributed by atoms with van der Waals surface area (Å²) in [7, 11) is 0. The summed E-state index contributed by atoms with van der Waals surface area (Å²) in [6.07, 6.45) is 1.84. The highest BCUT2D eigenvalue weighted by molar-refractivity contribution is 7.15. The smallest absolute Gasteiger partial charge is 0.0807 e. The van der Waals surface area contributed by atoms with Crippen LogP contribution in [0.3, 0.4) is 0 Å². The molecule has 0 spiro atoms. The summed E-state index contributed by atoms with van der Waals surface area (Å²) < 4.78 is 0. The van der Waals surface area contributed by atoms with Crippen LogP contribution in [0.5, 0.6) is 0 Å². The van der Waals surface area contributed by atoms with Gasteiger partial charge >= 0.3 is 0 Å². The number of nitrogens with zero attached hydrogens (tertiary/aromatic N) is 1. The molecule has 0 radical (unpaired) electrons. The van der Waals surface area contributed by atoms with Gasteiger partial charge < -0.3 is 0 Å². The van der Waals surface area contributed by atoms with Gasteiger partial charge in [-0.2, -0.15) is 0 Å². The molecular formula is C13H9NS. The maximum absolute atomic E-state index is 4.38. The Morgan fingerprint density at radius 3 is 2.67 bits per heavy atom. The van der Waals surface area contributed by atoms with E-state index in [0.29, 0.717) is 0 Å². The van der Waals surface area contributed by atoms with Crippen molar-refractivity contribution in [1.82, 2.24) is 4.98 Å². The molecule has 1 aromatic carbocycles. The van der Waals surface area contributed by atoms with Crippen LogP contribution < -0.4 is 0 Å². The van der Waals surface area contributed by atoms with Gasteiger partial charge in [-0.25, -0.2) is 0 Å². The second-order valence-electron chi connectivity index (χ2n) is 3.37. The van der Waals surface area contributed by atoms with Crippen LogP contribution in [0.2, 0.25) is 0 Å². The molecule has 0 atom stereocenters. The molecule has 2 aromatic heterocycles. The summed E-state index contributed by atoms with van der Waals surface area (Å²) >= 11 is 1.75. The predicted molar refractivity (Wildman–Crippen MR) is 65.1 cm³/mol. The summed E-state index contributed by atoms with van der Waals surface area (Å²) in [4.78, 5) is 5.64. The highest BCUT2D eigenvalue weighted by atomic mass is 32.1. The van der Waals surface area contributed by atoms with Crippen molar-refractivity contribution in [3.63, 3.8) is 0 Å². The monoisotopic (exact) mass is 211 g/mol. The molecule has 0 aliphatic rings. The van der Waals surface area contributed by atoms with Gasteiger partial charge in [-0.1, -0.05) is 30.3 Å². The summed E-state index contributed by atoms with van der Waals surface area (Å²) in [5.74, 6) is 0. The Morgan fingerprint density at radius 1 is 0.933 bits per heavy atom. The minimum Gasteiger partial charge on any atom is -0.255 e. The van der Waals surface area contributed by atoms with Crippen LogP contribution in [-0.4, -0.2) is 4.98 Å². The lowest BCUT2D eigenvalue weighted by Gasteiger charge is -1.96. The van der Waals surface area contributed by atoms with Crippen molar-refractivity contribution in [3.05, 3.63) is 54.0 Å². The third-order valence-electron chi connectivity index (χ3n) is 2.41. The molecule has 0 saturated carbocycles. The van der Waals surface area contributed by atoms with Crippen LogP contribution >= 0.6 is 11.3 Å². The van der Waals surface area contributed by atoms with Crippen molar-refractivity contribution in [3.8, 4) is 10.6 Å². The van der Waals surface area contributed by atoms with E-state index in [1.54, 1.807) is 11.3 Å². The standard InChI is InChI=1S/C13H9NS/c1-2-6-11-10(5-1)9-15-13(11)12-7-3-4-8-14-12/h1-9H. The lowest BCUT2D eigenvalue weighted by molar-refractivity contribution is 1.34. The van der Waals surface area contributed by atoms with Crippen LogP contribution in [-0.2, 0) is 0 Å². The number of hydrogen-bond donors (Lipinski definition) is 0. The van der Waals surface area contributed by atoms with E-state index in [1.807, 2.05) is 18.3 Å². The normalized spacial score (nSPS) is 10.7. The van der Waals surface area contributed by atoms with Crippen molar-refractivity contribution >= 4 is 22.1 Å². The average Bonchev–Trinajstić information content (AvgIpc) is 2.74. The van der Waals surface area contributed by atoms with E-state index in [2.05, 4.69) is 40.7 Å². The van der Waals surface area contributed by atoms with E-state index in [4.69, 9.17) is 0 Å². The summed E-state index contributed by atoms with van der Waals surface area (Å²) in [5.41, 5.74) is 1.06. The van der Waals surface area contributed by atoms with Gasteiger partial charge in [0.2, 0.25) is 0 Å². The summed E-state index contributed by atoms with van der Waals surface area (Å²) in [6, 6.07) is 14.4. The molecule has 2 heterocycles. The Bertz CT molecular complexity index is 584. The zero-order chi connectivity index (χ0) is 10.1. The molecule has 0 fully saturated rings.